The van der Waals surface area contributed by atoms with Crippen LogP contribution in [-0.2, 0) is 0 Å². The van der Waals surface area contributed by atoms with E-state index >= 15 is 0 Å². The van der Waals surface area contributed by atoms with E-state index in [4.69, 9.17) is 34.0 Å². The van der Waals surface area contributed by atoms with Crippen LogP contribution in [-0.4, -0.2) is 24.8 Å². The number of nitrogens with two attached hydrogens (primary N) is 1. The quantitative estimate of drug-likeness (QED) is 0.804. The van der Waals surface area contributed by atoms with Crippen molar-refractivity contribution in [3.05, 3.63) is 22.2 Å². The van der Waals surface area contributed by atoms with Gasteiger partial charge in [0, 0.05) is 25.6 Å². The van der Waals surface area contributed by atoms with E-state index in [1.165, 1.54) is 0 Å². The summed E-state index contributed by atoms with van der Waals surface area (Å²) in [5.41, 5.74) is 7.45. The summed E-state index contributed by atoms with van der Waals surface area (Å²) >= 11 is 11.8. The number of nitrogen functional groups attached to an aromatic ring is 1. The maximum absolute atomic E-state index is 9.09. The molecule has 0 amide bonds. The third-order valence-electron chi connectivity index (χ3n) is 2.95. The zero-order valence-electron chi connectivity index (χ0n) is 8.79. The first kappa shape index (κ1) is 11.8. The molecule has 1 unspecified atom stereocenters. The highest BCUT2D eigenvalue weighted by Crippen LogP contribution is 2.35. The van der Waals surface area contributed by atoms with E-state index < -0.39 is 0 Å². The fourth-order valence-corrected chi connectivity index (χ4v) is 2.36. The SMILES string of the molecule is Nc1cc(Cl)c(Cl)cc1N1CCC(CO)C1. The van der Waals surface area contributed by atoms with E-state index in [0.29, 0.717) is 21.7 Å². The number of hydrogen-bond acceptors (Lipinski definition) is 3. The van der Waals surface area contributed by atoms with Gasteiger partial charge in [-0.05, 0) is 18.6 Å². The Morgan fingerprint density at radius 1 is 1.38 bits per heavy atom. The van der Waals surface area contributed by atoms with Crippen molar-refractivity contribution in [3.8, 4) is 0 Å². The number of rotatable bonds is 2. The summed E-state index contributed by atoms with van der Waals surface area (Å²) in [6.45, 7) is 1.93. The van der Waals surface area contributed by atoms with E-state index in [0.717, 1.165) is 25.2 Å². The number of anilines is 2. The second-order valence-electron chi connectivity index (χ2n) is 4.11. The Hall–Kier alpha value is -0.640. The molecule has 3 nitrogen and oxygen atoms in total. The van der Waals surface area contributed by atoms with Crippen molar-refractivity contribution < 1.29 is 5.11 Å². The molecule has 0 aliphatic carbocycles. The molecule has 0 aromatic heterocycles. The van der Waals surface area contributed by atoms with Gasteiger partial charge in [-0.2, -0.15) is 0 Å². The topological polar surface area (TPSA) is 49.5 Å². The van der Waals surface area contributed by atoms with Crippen LogP contribution < -0.4 is 10.6 Å². The smallest absolute Gasteiger partial charge is 0.0616 e. The van der Waals surface area contributed by atoms with Crippen LogP contribution in [0.4, 0.5) is 11.4 Å². The second kappa shape index (κ2) is 4.70. The predicted octanol–water partition coefficient (Wildman–Crippen LogP) is 2.39. The van der Waals surface area contributed by atoms with Gasteiger partial charge in [0.15, 0.2) is 0 Å². The Bertz CT molecular complexity index is 398. The molecule has 1 aliphatic heterocycles. The standard InChI is InChI=1S/C11H14Cl2N2O/c12-8-3-10(14)11(4-9(8)13)15-2-1-7(5-15)6-16/h3-4,7,16H,1-2,5-6,14H2. The van der Waals surface area contributed by atoms with Crippen molar-refractivity contribution in [2.24, 2.45) is 5.92 Å². The fourth-order valence-electron chi connectivity index (χ4n) is 2.03. The normalized spacial score (nSPS) is 20.4. The molecule has 0 radical (unpaired) electrons. The highest BCUT2D eigenvalue weighted by Gasteiger charge is 2.23. The molecule has 1 aromatic rings. The van der Waals surface area contributed by atoms with Crippen LogP contribution in [0.25, 0.3) is 0 Å². The van der Waals surface area contributed by atoms with Crippen molar-refractivity contribution in [1.82, 2.24) is 0 Å². The van der Waals surface area contributed by atoms with E-state index in [2.05, 4.69) is 4.90 Å². The minimum absolute atomic E-state index is 0.220. The van der Waals surface area contributed by atoms with Gasteiger partial charge in [0.1, 0.15) is 0 Å². The molecular weight excluding hydrogens is 247 g/mol. The number of benzene rings is 1. The number of aliphatic hydroxyl groups excluding tert-OH is 1. The average Bonchev–Trinajstić information content (AvgIpc) is 2.71. The summed E-state index contributed by atoms with van der Waals surface area (Å²) in [4.78, 5) is 2.14. The molecule has 0 saturated carbocycles. The van der Waals surface area contributed by atoms with Crippen molar-refractivity contribution in [3.63, 3.8) is 0 Å². The van der Waals surface area contributed by atoms with Crippen LogP contribution in [0.3, 0.4) is 0 Å². The summed E-state index contributed by atoms with van der Waals surface area (Å²) in [5.74, 6) is 0.328. The van der Waals surface area contributed by atoms with Gasteiger partial charge in [0.25, 0.3) is 0 Å². The van der Waals surface area contributed by atoms with Gasteiger partial charge in [-0.25, -0.2) is 0 Å². The fraction of sp³-hybridized carbons (Fsp3) is 0.455. The monoisotopic (exact) mass is 260 g/mol. The second-order valence-corrected chi connectivity index (χ2v) is 4.92. The maximum atomic E-state index is 9.09. The Labute approximate surface area is 105 Å². The van der Waals surface area contributed by atoms with Gasteiger partial charge in [-0.3, -0.25) is 0 Å². The van der Waals surface area contributed by atoms with Gasteiger partial charge in [0.05, 0.1) is 21.4 Å². The lowest BCUT2D eigenvalue weighted by Crippen LogP contribution is -2.21. The summed E-state index contributed by atoms with van der Waals surface area (Å²) < 4.78 is 0. The molecule has 5 heteroatoms. The van der Waals surface area contributed by atoms with Crippen LogP contribution in [0, 0.1) is 5.92 Å². The molecule has 1 heterocycles. The van der Waals surface area contributed by atoms with Gasteiger partial charge >= 0.3 is 0 Å². The first-order valence-electron chi connectivity index (χ1n) is 5.22. The summed E-state index contributed by atoms with van der Waals surface area (Å²) in [7, 11) is 0. The van der Waals surface area contributed by atoms with Crippen LogP contribution in [0.2, 0.25) is 10.0 Å². The first-order chi connectivity index (χ1) is 7.61. The summed E-state index contributed by atoms with van der Waals surface area (Å²) in [6, 6.07) is 3.46. The third-order valence-corrected chi connectivity index (χ3v) is 3.68. The highest BCUT2D eigenvalue weighted by molar-refractivity contribution is 6.42. The largest absolute Gasteiger partial charge is 0.397 e. The Morgan fingerprint density at radius 2 is 2.06 bits per heavy atom. The number of aliphatic hydroxyl groups is 1. The molecular formula is C11H14Cl2N2O. The molecule has 1 fully saturated rings. The molecule has 2 rings (SSSR count). The van der Waals surface area contributed by atoms with Gasteiger partial charge < -0.3 is 15.7 Å². The molecule has 3 N–H and O–H groups in total. The van der Waals surface area contributed by atoms with Crippen molar-refractivity contribution in [2.75, 3.05) is 30.3 Å². The Balaban J connectivity index is 2.24. The summed E-state index contributed by atoms with van der Waals surface area (Å²) in [6.07, 6.45) is 0.982. The highest BCUT2D eigenvalue weighted by atomic mass is 35.5. The van der Waals surface area contributed by atoms with E-state index in [1.54, 1.807) is 12.1 Å². The zero-order valence-corrected chi connectivity index (χ0v) is 10.3. The first-order valence-corrected chi connectivity index (χ1v) is 5.97. The molecule has 0 bridgehead atoms. The molecule has 1 aliphatic rings. The summed E-state index contributed by atoms with van der Waals surface area (Å²) in [5, 5.41) is 10.1. The van der Waals surface area contributed by atoms with Crippen LogP contribution in [0.5, 0.6) is 0 Å². The number of halogens is 2. The minimum atomic E-state index is 0.220. The Kier molecular flexibility index (Phi) is 3.47. The van der Waals surface area contributed by atoms with Crippen LogP contribution in [0.1, 0.15) is 6.42 Å². The number of nitrogens with zero attached hydrogens (tertiary/aromatic N) is 1. The van der Waals surface area contributed by atoms with Gasteiger partial charge in [0.2, 0.25) is 0 Å². The maximum Gasteiger partial charge on any atom is 0.0616 e. The molecule has 1 atom stereocenters. The van der Waals surface area contributed by atoms with Crippen LogP contribution in [0.15, 0.2) is 12.1 Å². The van der Waals surface area contributed by atoms with Gasteiger partial charge in [-0.15, -0.1) is 0 Å². The van der Waals surface area contributed by atoms with Gasteiger partial charge in [-0.1, -0.05) is 23.2 Å². The molecule has 1 saturated heterocycles. The lowest BCUT2D eigenvalue weighted by Gasteiger charge is -2.21. The minimum Gasteiger partial charge on any atom is -0.397 e. The van der Waals surface area contributed by atoms with Crippen molar-refractivity contribution in [1.29, 1.82) is 0 Å². The molecule has 0 spiro atoms. The molecule has 1 aromatic carbocycles. The predicted molar refractivity (Wildman–Crippen MR) is 68.3 cm³/mol. The average molecular weight is 261 g/mol. The molecule has 88 valence electrons. The van der Waals surface area contributed by atoms with Crippen molar-refractivity contribution in [2.45, 2.75) is 6.42 Å². The van der Waals surface area contributed by atoms with E-state index in [9.17, 15) is 0 Å². The molecule has 16 heavy (non-hydrogen) atoms. The van der Waals surface area contributed by atoms with E-state index in [-0.39, 0.29) is 6.61 Å². The zero-order chi connectivity index (χ0) is 11.7. The lowest BCUT2D eigenvalue weighted by atomic mass is 10.1. The van der Waals surface area contributed by atoms with Crippen molar-refractivity contribution >= 4 is 34.6 Å². The number of hydrogen-bond donors (Lipinski definition) is 2. The Morgan fingerprint density at radius 3 is 2.69 bits per heavy atom. The lowest BCUT2D eigenvalue weighted by molar-refractivity contribution is 0.238. The van der Waals surface area contributed by atoms with E-state index in [1.807, 2.05) is 0 Å². The van der Waals surface area contributed by atoms with Crippen LogP contribution >= 0.6 is 23.2 Å². The third kappa shape index (κ3) is 2.21.